The quantitative estimate of drug-likeness (QED) is 0.289. The summed E-state index contributed by atoms with van der Waals surface area (Å²) in [5.74, 6) is -0.905. The van der Waals surface area contributed by atoms with Crippen molar-refractivity contribution in [3.63, 3.8) is 0 Å². The second kappa shape index (κ2) is 7.60. The molecule has 3 aromatic carbocycles. The first-order chi connectivity index (χ1) is 14.8. The maximum Gasteiger partial charge on any atom is 0.344 e. The summed E-state index contributed by atoms with van der Waals surface area (Å²) in [4.78, 5) is 29.7. The minimum atomic E-state index is -0.675. The first-order valence-corrected chi connectivity index (χ1v) is 9.45. The predicted octanol–water partition coefficient (Wildman–Crippen LogP) is 4.42. The van der Waals surface area contributed by atoms with Crippen molar-refractivity contribution in [1.29, 1.82) is 0 Å². The van der Waals surface area contributed by atoms with Gasteiger partial charge >= 0.3 is 11.9 Å². The van der Waals surface area contributed by atoms with Gasteiger partial charge in [-0.25, -0.2) is 14.6 Å². The van der Waals surface area contributed by atoms with E-state index in [-0.39, 0.29) is 17.1 Å². The molecule has 0 aliphatic rings. The normalized spacial score (nSPS) is 10.9. The van der Waals surface area contributed by atoms with Crippen molar-refractivity contribution >= 4 is 33.7 Å². The van der Waals surface area contributed by atoms with E-state index in [0.29, 0.717) is 44.2 Å². The Morgan fingerprint density at radius 3 is 1.81 bits per heavy atom. The lowest BCUT2D eigenvalue weighted by atomic mass is 10.0. The van der Waals surface area contributed by atoms with E-state index in [1.54, 1.807) is 38.1 Å². The van der Waals surface area contributed by atoms with E-state index in [9.17, 15) is 19.8 Å². The van der Waals surface area contributed by atoms with Crippen LogP contribution in [0.2, 0.25) is 0 Å². The number of fused-ring (bicyclic) bond motifs is 2. The maximum absolute atomic E-state index is 13.3. The van der Waals surface area contributed by atoms with Crippen LogP contribution in [0, 0.1) is 13.8 Å². The number of carbonyl (C=O) groups is 2. The number of rotatable bonds is 3. The van der Waals surface area contributed by atoms with Crippen molar-refractivity contribution in [1.82, 2.24) is 4.98 Å². The molecule has 0 spiro atoms. The molecule has 7 heteroatoms. The maximum atomic E-state index is 13.3. The second-order valence-corrected chi connectivity index (χ2v) is 7.21. The number of benzene rings is 3. The van der Waals surface area contributed by atoms with Gasteiger partial charge in [0.1, 0.15) is 17.2 Å². The highest BCUT2D eigenvalue weighted by Gasteiger charge is 2.21. The van der Waals surface area contributed by atoms with Crippen molar-refractivity contribution in [2.75, 3.05) is 7.11 Å². The van der Waals surface area contributed by atoms with Crippen LogP contribution in [0.3, 0.4) is 0 Å². The Hall–Kier alpha value is -4.13. The van der Waals surface area contributed by atoms with Gasteiger partial charge in [-0.1, -0.05) is 0 Å². The molecule has 1 heterocycles. The summed E-state index contributed by atoms with van der Waals surface area (Å²) in [5, 5.41) is 20.7. The molecule has 0 aliphatic heterocycles. The highest BCUT2D eigenvalue weighted by molar-refractivity contribution is 6.15. The summed E-state index contributed by atoms with van der Waals surface area (Å²) in [6.45, 7) is 3.45. The van der Waals surface area contributed by atoms with E-state index in [0.717, 1.165) is 0 Å². The average Bonchev–Trinajstić information content (AvgIpc) is 2.73. The van der Waals surface area contributed by atoms with Crippen molar-refractivity contribution in [3.8, 4) is 17.2 Å². The number of carbonyl (C=O) groups excluding carboxylic acids is 2. The van der Waals surface area contributed by atoms with Gasteiger partial charge < -0.3 is 19.7 Å². The van der Waals surface area contributed by atoms with Crippen LogP contribution in [-0.2, 0) is 4.74 Å². The molecular weight excluding hydrogens is 398 g/mol. The van der Waals surface area contributed by atoms with Crippen LogP contribution in [0.15, 0.2) is 48.5 Å². The molecule has 1 aromatic heterocycles. The minimum Gasteiger partial charge on any atom is -0.508 e. The van der Waals surface area contributed by atoms with Crippen LogP contribution >= 0.6 is 0 Å². The Morgan fingerprint density at radius 1 is 0.806 bits per heavy atom. The highest BCUT2D eigenvalue weighted by Crippen LogP contribution is 2.33. The highest BCUT2D eigenvalue weighted by atomic mass is 16.5. The number of aryl methyl sites for hydroxylation is 2. The SMILES string of the molecule is COC(=O)c1cc(C)c(OC(=O)c2c3cc(O)ccc3nc3ccc(O)cc23)c(C)c1. The summed E-state index contributed by atoms with van der Waals surface area (Å²) >= 11 is 0. The zero-order valence-electron chi connectivity index (χ0n) is 17.1. The van der Waals surface area contributed by atoms with Crippen molar-refractivity contribution in [3.05, 3.63) is 70.8 Å². The zero-order chi connectivity index (χ0) is 22.3. The largest absolute Gasteiger partial charge is 0.508 e. The second-order valence-electron chi connectivity index (χ2n) is 7.21. The van der Waals surface area contributed by atoms with Gasteiger partial charge in [-0.2, -0.15) is 0 Å². The molecule has 0 saturated heterocycles. The van der Waals surface area contributed by atoms with Gasteiger partial charge in [-0.3, -0.25) is 0 Å². The molecule has 156 valence electrons. The molecule has 0 atom stereocenters. The van der Waals surface area contributed by atoms with Gasteiger partial charge in [0.05, 0.1) is 29.3 Å². The van der Waals surface area contributed by atoms with Gasteiger partial charge in [-0.15, -0.1) is 0 Å². The Kier molecular flexibility index (Phi) is 4.94. The Balaban J connectivity index is 1.88. The molecule has 31 heavy (non-hydrogen) atoms. The lowest BCUT2D eigenvalue weighted by Crippen LogP contribution is -2.13. The molecule has 0 radical (unpaired) electrons. The molecule has 0 aliphatic carbocycles. The van der Waals surface area contributed by atoms with Crippen LogP contribution in [0.25, 0.3) is 21.8 Å². The molecular formula is C24H19NO6. The van der Waals surface area contributed by atoms with E-state index in [1.165, 1.54) is 31.4 Å². The summed E-state index contributed by atoms with van der Waals surface area (Å²) in [6, 6.07) is 12.2. The zero-order valence-corrected chi connectivity index (χ0v) is 17.1. The van der Waals surface area contributed by atoms with Gasteiger partial charge in [0.25, 0.3) is 0 Å². The molecule has 4 aromatic rings. The molecule has 0 amide bonds. The minimum absolute atomic E-state index is 0.0300. The fourth-order valence-electron chi connectivity index (χ4n) is 3.63. The van der Waals surface area contributed by atoms with Crippen molar-refractivity contribution < 1.29 is 29.3 Å². The summed E-state index contributed by atoms with van der Waals surface area (Å²) in [7, 11) is 1.30. The third-order valence-electron chi connectivity index (χ3n) is 5.02. The Bertz CT molecular complexity index is 1290. The molecule has 0 bridgehead atoms. The number of phenols is 2. The molecule has 0 saturated carbocycles. The van der Waals surface area contributed by atoms with Gasteiger partial charge in [-0.05, 0) is 73.5 Å². The van der Waals surface area contributed by atoms with E-state index < -0.39 is 11.9 Å². The Morgan fingerprint density at radius 2 is 1.32 bits per heavy atom. The van der Waals surface area contributed by atoms with Crippen molar-refractivity contribution in [2.45, 2.75) is 13.8 Å². The van der Waals surface area contributed by atoms with Crippen LogP contribution in [-0.4, -0.2) is 34.2 Å². The number of hydrogen-bond donors (Lipinski definition) is 2. The fourth-order valence-corrected chi connectivity index (χ4v) is 3.63. The molecule has 7 nitrogen and oxygen atoms in total. The molecule has 0 fully saturated rings. The third-order valence-corrected chi connectivity index (χ3v) is 5.02. The summed E-state index contributed by atoms with van der Waals surface area (Å²) < 4.78 is 10.5. The summed E-state index contributed by atoms with van der Waals surface area (Å²) in [6.07, 6.45) is 0. The molecule has 0 unspecified atom stereocenters. The van der Waals surface area contributed by atoms with E-state index in [2.05, 4.69) is 4.98 Å². The third kappa shape index (κ3) is 3.61. The number of ether oxygens (including phenoxy) is 2. The number of phenolic OH excluding ortho intramolecular Hbond substituents is 2. The number of nitrogens with zero attached hydrogens (tertiary/aromatic N) is 1. The number of esters is 2. The molecule has 2 N–H and O–H groups in total. The average molecular weight is 417 g/mol. The monoisotopic (exact) mass is 417 g/mol. The first kappa shape index (κ1) is 20.2. The summed E-state index contributed by atoms with van der Waals surface area (Å²) in [5.41, 5.74) is 2.69. The first-order valence-electron chi connectivity index (χ1n) is 9.45. The smallest absolute Gasteiger partial charge is 0.344 e. The number of methoxy groups -OCH3 is 1. The predicted molar refractivity (Wildman–Crippen MR) is 115 cm³/mol. The number of aromatic nitrogens is 1. The van der Waals surface area contributed by atoms with Crippen LogP contribution in [0.5, 0.6) is 17.2 Å². The van der Waals surface area contributed by atoms with Crippen LogP contribution in [0.4, 0.5) is 0 Å². The van der Waals surface area contributed by atoms with E-state index in [1.807, 2.05) is 0 Å². The van der Waals surface area contributed by atoms with Crippen molar-refractivity contribution in [2.24, 2.45) is 0 Å². The Labute approximate surface area is 177 Å². The number of pyridine rings is 1. The fraction of sp³-hybridized carbons (Fsp3) is 0.125. The van der Waals surface area contributed by atoms with E-state index in [4.69, 9.17) is 9.47 Å². The van der Waals surface area contributed by atoms with Gasteiger partial charge in [0.2, 0.25) is 0 Å². The lowest BCUT2D eigenvalue weighted by molar-refractivity contribution is 0.0600. The van der Waals surface area contributed by atoms with Gasteiger partial charge in [0.15, 0.2) is 0 Å². The standard InChI is InChI=1S/C24H19NO6/c1-12-8-14(23(28)30-3)9-13(2)22(12)31-24(29)21-17-10-15(26)4-6-19(17)25-20-7-5-16(27)11-18(20)21/h4-11,26-27H,1-3H3. The topological polar surface area (TPSA) is 106 Å². The molecule has 4 rings (SSSR count). The van der Waals surface area contributed by atoms with E-state index >= 15 is 0 Å². The lowest BCUT2D eigenvalue weighted by Gasteiger charge is -2.15. The number of hydrogen-bond acceptors (Lipinski definition) is 7. The number of aromatic hydroxyl groups is 2. The van der Waals surface area contributed by atoms with Crippen LogP contribution < -0.4 is 4.74 Å². The van der Waals surface area contributed by atoms with Gasteiger partial charge in [0, 0.05) is 10.8 Å². The van der Waals surface area contributed by atoms with Crippen LogP contribution in [0.1, 0.15) is 31.8 Å².